The fraction of sp³-hybridized carbons (Fsp3) is 0.391. The van der Waals surface area contributed by atoms with Crippen molar-refractivity contribution >= 4 is 45.1 Å². The maximum absolute atomic E-state index is 13.3. The Labute approximate surface area is 185 Å². The number of benzene rings is 2. The SMILES string of the molecule is CCOC(=O)Cn1c2cc(C(C)CCOC)c(N)cc2c(=O)c2ccc(Cl)c(OC)c21. The normalized spacial score (nSPS) is 12.3. The van der Waals surface area contributed by atoms with E-state index in [1.807, 2.05) is 13.0 Å². The van der Waals surface area contributed by atoms with Crippen molar-refractivity contribution in [1.29, 1.82) is 0 Å². The van der Waals surface area contributed by atoms with Crippen molar-refractivity contribution in [2.45, 2.75) is 32.7 Å². The van der Waals surface area contributed by atoms with E-state index in [9.17, 15) is 9.59 Å². The third-order valence-electron chi connectivity index (χ3n) is 5.42. The minimum Gasteiger partial charge on any atom is -0.493 e. The first-order chi connectivity index (χ1) is 14.8. The van der Waals surface area contributed by atoms with E-state index in [2.05, 4.69) is 0 Å². The first-order valence-electron chi connectivity index (χ1n) is 10.1. The summed E-state index contributed by atoms with van der Waals surface area (Å²) in [5.74, 6) is -0.0118. The van der Waals surface area contributed by atoms with Crippen molar-refractivity contribution in [2.24, 2.45) is 0 Å². The molecule has 166 valence electrons. The van der Waals surface area contributed by atoms with Gasteiger partial charge in [0.25, 0.3) is 0 Å². The number of carbonyl (C=O) groups excluding carboxylic acids is 1. The Balaban J connectivity index is 2.41. The lowest BCUT2D eigenvalue weighted by Gasteiger charge is -2.20. The number of fused-ring (bicyclic) bond motifs is 2. The van der Waals surface area contributed by atoms with Gasteiger partial charge in [0.1, 0.15) is 6.54 Å². The van der Waals surface area contributed by atoms with Gasteiger partial charge in [0.05, 0.1) is 35.2 Å². The van der Waals surface area contributed by atoms with Crippen molar-refractivity contribution in [2.75, 3.05) is 33.2 Å². The molecule has 31 heavy (non-hydrogen) atoms. The molecule has 0 saturated heterocycles. The molecule has 7 nitrogen and oxygen atoms in total. The standard InChI is InChI=1S/C23H27ClN2O5/c1-5-31-20(27)12-26-19-11-15(13(2)8-9-29-3)18(25)10-16(19)22(28)14-6-7-17(24)23(30-4)21(14)26/h6-7,10-11,13H,5,8-9,12,25H2,1-4H3. The number of esters is 1. The Morgan fingerprint density at radius 3 is 2.61 bits per heavy atom. The zero-order chi connectivity index (χ0) is 22.7. The van der Waals surface area contributed by atoms with Crippen LogP contribution in [0, 0.1) is 0 Å². The minimum absolute atomic E-state index is 0.0902. The van der Waals surface area contributed by atoms with Gasteiger partial charge in [0, 0.05) is 24.8 Å². The van der Waals surface area contributed by atoms with Gasteiger partial charge in [-0.3, -0.25) is 9.59 Å². The van der Waals surface area contributed by atoms with Crippen molar-refractivity contribution in [3.63, 3.8) is 0 Å². The summed E-state index contributed by atoms with van der Waals surface area (Å²) in [6, 6.07) is 6.79. The lowest BCUT2D eigenvalue weighted by Crippen LogP contribution is -2.19. The maximum Gasteiger partial charge on any atom is 0.325 e. The summed E-state index contributed by atoms with van der Waals surface area (Å²) in [5, 5.41) is 1.15. The number of rotatable bonds is 8. The number of aromatic nitrogens is 1. The zero-order valence-corrected chi connectivity index (χ0v) is 18.9. The number of hydrogen-bond acceptors (Lipinski definition) is 6. The van der Waals surface area contributed by atoms with Crippen molar-refractivity contribution in [3.05, 3.63) is 45.1 Å². The molecule has 2 aromatic carbocycles. The highest BCUT2D eigenvalue weighted by Gasteiger charge is 2.21. The summed E-state index contributed by atoms with van der Waals surface area (Å²) in [6.07, 6.45) is 0.761. The van der Waals surface area contributed by atoms with Crippen LogP contribution in [-0.2, 0) is 20.8 Å². The molecule has 0 amide bonds. The van der Waals surface area contributed by atoms with Gasteiger partial charge in [0.2, 0.25) is 0 Å². The van der Waals surface area contributed by atoms with E-state index in [4.69, 9.17) is 31.5 Å². The van der Waals surface area contributed by atoms with E-state index in [1.54, 1.807) is 36.8 Å². The topological polar surface area (TPSA) is 92.8 Å². The van der Waals surface area contributed by atoms with Gasteiger partial charge in [-0.05, 0) is 49.1 Å². The second-order valence-corrected chi connectivity index (χ2v) is 7.79. The number of carbonyl (C=O) groups is 1. The van der Waals surface area contributed by atoms with E-state index < -0.39 is 5.97 Å². The van der Waals surface area contributed by atoms with Crippen LogP contribution in [0.1, 0.15) is 31.7 Å². The number of halogens is 1. The quantitative estimate of drug-likeness (QED) is 0.318. The van der Waals surface area contributed by atoms with E-state index in [0.29, 0.717) is 44.9 Å². The summed E-state index contributed by atoms with van der Waals surface area (Å²) in [5.41, 5.74) is 8.53. The molecule has 1 atom stereocenters. The van der Waals surface area contributed by atoms with Crippen molar-refractivity contribution < 1.29 is 19.0 Å². The number of nitrogens with two attached hydrogens (primary N) is 1. The maximum atomic E-state index is 13.3. The van der Waals surface area contributed by atoms with Crippen LogP contribution in [-0.4, -0.2) is 38.0 Å². The molecule has 1 aromatic heterocycles. The van der Waals surface area contributed by atoms with Crippen LogP contribution in [0.4, 0.5) is 5.69 Å². The number of ether oxygens (including phenoxy) is 3. The Kier molecular flexibility index (Phi) is 7.08. The largest absolute Gasteiger partial charge is 0.493 e. The van der Waals surface area contributed by atoms with Gasteiger partial charge in [-0.1, -0.05) is 18.5 Å². The highest BCUT2D eigenvalue weighted by molar-refractivity contribution is 6.33. The molecule has 0 bridgehead atoms. The lowest BCUT2D eigenvalue weighted by molar-refractivity contribution is -0.143. The Bertz CT molecular complexity index is 1190. The number of nitrogens with zero attached hydrogens (tertiary/aromatic N) is 1. The molecule has 1 unspecified atom stereocenters. The highest BCUT2D eigenvalue weighted by Crippen LogP contribution is 2.36. The first kappa shape index (κ1) is 22.9. The van der Waals surface area contributed by atoms with E-state index in [1.165, 1.54) is 7.11 Å². The Morgan fingerprint density at radius 1 is 1.23 bits per heavy atom. The van der Waals surface area contributed by atoms with Crippen LogP contribution in [0.25, 0.3) is 21.8 Å². The minimum atomic E-state index is -0.429. The first-order valence-corrected chi connectivity index (χ1v) is 10.5. The average Bonchev–Trinajstić information content (AvgIpc) is 2.74. The molecule has 3 rings (SSSR count). The zero-order valence-electron chi connectivity index (χ0n) is 18.2. The van der Waals surface area contributed by atoms with E-state index in [-0.39, 0.29) is 24.5 Å². The van der Waals surface area contributed by atoms with Gasteiger partial charge < -0.3 is 24.5 Å². The van der Waals surface area contributed by atoms with Gasteiger partial charge in [-0.25, -0.2) is 0 Å². The molecular weight excluding hydrogens is 420 g/mol. The molecule has 2 N–H and O–H groups in total. The number of hydrogen-bond donors (Lipinski definition) is 1. The second kappa shape index (κ2) is 9.58. The van der Waals surface area contributed by atoms with Crippen LogP contribution in [0.3, 0.4) is 0 Å². The number of anilines is 1. The molecule has 0 fully saturated rings. The monoisotopic (exact) mass is 446 g/mol. The summed E-state index contributed by atoms with van der Waals surface area (Å²) in [6.45, 7) is 4.51. The Hall–Kier alpha value is -2.77. The Morgan fingerprint density at radius 2 is 1.97 bits per heavy atom. The molecular formula is C23H27ClN2O5. The van der Waals surface area contributed by atoms with Crippen LogP contribution < -0.4 is 15.9 Å². The van der Waals surface area contributed by atoms with Gasteiger partial charge >= 0.3 is 5.97 Å². The highest BCUT2D eigenvalue weighted by atomic mass is 35.5. The van der Waals surface area contributed by atoms with E-state index in [0.717, 1.165) is 12.0 Å². The second-order valence-electron chi connectivity index (χ2n) is 7.38. The fourth-order valence-electron chi connectivity index (χ4n) is 3.86. The van der Waals surface area contributed by atoms with Crippen LogP contribution in [0.5, 0.6) is 5.75 Å². The number of pyridine rings is 1. The molecule has 0 radical (unpaired) electrons. The predicted octanol–water partition coefficient (Wildman–Crippen LogP) is 4.10. The summed E-state index contributed by atoms with van der Waals surface area (Å²) >= 11 is 6.35. The summed E-state index contributed by atoms with van der Waals surface area (Å²) < 4.78 is 17.6. The molecule has 0 saturated carbocycles. The fourth-order valence-corrected chi connectivity index (χ4v) is 4.09. The molecule has 0 aliphatic rings. The van der Waals surface area contributed by atoms with Crippen molar-refractivity contribution in [1.82, 2.24) is 4.57 Å². The lowest BCUT2D eigenvalue weighted by atomic mass is 9.94. The third kappa shape index (κ3) is 4.34. The van der Waals surface area contributed by atoms with Gasteiger partial charge in [0.15, 0.2) is 11.2 Å². The summed E-state index contributed by atoms with van der Waals surface area (Å²) in [4.78, 5) is 25.8. The molecule has 0 spiro atoms. The van der Waals surface area contributed by atoms with Crippen LogP contribution in [0.2, 0.25) is 5.02 Å². The average molecular weight is 447 g/mol. The summed E-state index contributed by atoms with van der Waals surface area (Å²) in [7, 11) is 3.13. The van der Waals surface area contributed by atoms with Crippen molar-refractivity contribution in [3.8, 4) is 5.75 Å². The predicted molar refractivity (Wildman–Crippen MR) is 123 cm³/mol. The van der Waals surface area contributed by atoms with Gasteiger partial charge in [-0.2, -0.15) is 0 Å². The molecule has 0 aliphatic heterocycles. The van der Waals surface area contributed by atoms with E-state index >= 15 is 0 Å². The van der Waals surface area contributed by atoms with Gasteiger partial charge in [-0.15, -0.1) is 0 Å². The number of methoxy groups -OCH3 is 2. The molecule has 3 aromatic rings. The molecule has 1 heterocycles. The smallest absolute Gasteiger partial charge is 0.325 e. The van der Waals surface area contributed by atoms with Crippen LogP contribution in [0.15, 0.2) is 29.1 Å². The third-order valence-corrected chi connectivity index (χ3v) is 5.71. The van der Waals surface area contributed by atoms with Crippen LogP contribution >= 0.6 is 11.6 Å². The molecule has 0 aliphatic carbocycles. The number of nitrogen functional groups attached to an aromatic ring is 1. The molecule has 8 heteroatoms.